The Morgan fingerprint density at radius 1 is 1.41 bits per heavy atom. The van der Waals surface area contributed by atoms with Gasteiger partial charge in [0.1, 0.15) is 0 Å². The fourth-order valence-corrected chi connectivity index (χ4v) is 2.47. The quantitative estimate of drug-likeness (QED) is 0.850. The predicted molar refractivity (Wildman–Crippen MR) is 65.2 cm³/mol. The molecule has 1 aliphatic rings. The van der Waals surface area contributed by atoms with Crippen LogP contribution in [-0.2, 0) is 21.4 Å². The van der Waals surface area contributed by atoms with Crippen molar-refractivity contribution in [2.45, 2.75) is 37.7 Å². The molecular formula is C14H18O3. The molecule has 92 valence electrons. The maximum absolute atomic E-state index is 11.2. The van der Waals surface area contributed by atoms with Crippen molar-refractivity contribution in [1.82, 2.24) is 0 Å². The van der Waals surface area contributed by atoms with E-state index in [2.05, 4.69) is 19.1 Å². The third-order valence-corrected chi connectivity index (χ3v) is 3.69. The SMILES string of the molecule is CCc1ccc(C2(C(OC)C(=O)O)CC2)cc1. The van der Waals surface area contributed by atoms with Gasteiger partial charge in [-0.3, -0.25) is 0 Å². The number of benzene rings is 1. The third kappa shape index (κ3) is 2.07. The topological polar surface area (TPSA) is 46.5 Å². The first-order chi connectivity index (χ1) is 8.14. The minimum Gasteiger partial charge on any atom is -0.479 e. The van der Waals surface area contributed by atoms with E-state index in [4.69, 9.17) is 4.74 Å². The minimum absolute atomic E-state index is 0.299. The average molecular weight is 234 g/mol. The Morgan fingerprint density at radius 3 is 2.35 bits per heavy atom. The highest BCUT2D eigenvalue weighted by atomic mass is 16.5. The van der Waals surface area contributed by atoms with Gasteiger partial charge in [0.15, 0.2) is 6.10 Å². The number of aliphatic carboxylic acids is 1. The Bertz CT molecular complexity index is 404. The van der Waals surface area contributed by atoms with Gasteiger partial charge in [0.25, 0.3) is 0 Å². The van der Waals surface area contributed by atoms with Crippen molar-refractivity contribution in [3.05, 3.63) is 35.4 Å². The van der Waals surface area contributed by atoms with Gasteiger partial charge in [0, 0.05) is 12.5 Å². The second-order valence-corrected chi connectivity index (χ2v) is 4.66. The van der Waals surface area contributed by atoms with Crippen molar-refractivity contribution in [2.24, 2.45) is 0 Å². The summed E-state index contributed by atoms with van der Waals surface area (Å²) < 4.78 is 5.15. The van der Waals surface area contributed by atoms with Crippen LogP contribution in [0.2, 0.25) is 0 Å². The summed E-state index contributed by atoms with van der Waals surface area (Å²) in [4.78, 5) is 11.2. The number of carboxylic acids is 1. The molecule has 17 heavy (non-hydrogen) atoms. The van der Waals surface area contributed by atoms with Gasteiger partial charge in [-0.15, -0.1) is 0 Å². The molecule has 1 aromatic rings. The summed E-state index contributed by atoms with van der Waals surface area (Å²) >= 11 is 0. The van der Waals surface area contributed by atoms with E-state index in [0.717, 1.165) is 24.8 Å². The number of hydrogen-bond acceptors (Lipinski definition) is 2. The lowest BCUT2D eigenvalue weighted by Gasteiger charge is -2.22. The molecule has 0 saturated heterocycles. The summed E-state index contributed by atoms with van der Waals surface area (Å²) in [5.74, 6) is -0.871. The second-order valence-electron chi connectivity index (χ2n) is 4.66. The highest BCUT2D eigenvalue weighted by Gasteiger charge is 2.54. The molecule has 2 rings (SSSR count). The number of carbonyl (C=O) groups is 1. The molecule has 1 atom stereocenters. The summed E-state index contributed by atoms with van der Waals surface area (Å²) in [7, 11) is 1.47. The zero-order chi connectivity index (χ0) is 12.5. The first-order valence-electron chi connectivity index (χ1n) is 5.99. The minimum atomic E-state index is -0.871. The fourth-order valence-electron chi connectivity index (χ4n) is 2.47. The molecule has 0 aromatic heterocycles. The molecule has 3 heteroatoms. The first-order valence-corrected chi connectivity index (χ1v) is 5.99. The Hall–Kier alpha value is -1.35. The third-order valence-electron chi connectivity index (χ3n) is 3.69. The molecule has 3 nitrogen and oxygen atoms in total. The number of rotatable bonds is 5. The Balaban J connectivity index is 2.28. The molecule has 0 aliphatic heterocycles. The van der Waals surface area contributed by atoms with Gasteiger partial charge in [-0.1, -0.05) is 31.2 Å². The highest BCUT2D eigenvalue weighted by Crippen LogP contribution is 2.52. The number of carboxylic acid groups (broad SMARTS) is 1. The molecule has 1 aromatic carbocycles. The summed E-state index contributed by atoms with van der Waals surface area (Å²) in [6, 6.07) is 8.23. The van der Waals surface area contributed by atoms with Gasteiger partial charge in [-0.05, 0) is 30.4 Å². The van der Waals surface area contributed by atoms with Crippen molar-refractivity contribution in [3.8, 4) is 0 Å². The molecule has 1 unspecified atom stereocenters. The fraction of sp³-hybridized carbons (Fsp3) is 0.500. The second kappa shape index (κ2) is 4.49. The molecule has 0 heterocycles. The standard InChI is InChI=1S/C14H18O3/c1-3-10-4-6-11(7-5-10)14(8-9-14)12(17-2)13(15)16/h4-7,12H,3,8-9H2,1-2H3,(H,15,16). The Morgan fingerprint density at radius 2 is 2.00 bits per heavy atom. The lowest BCUT2D eigenvalue weighted by molar-refractivity contribution is -0.150. The van der Waals surface area contributed by atoms with Crippen LogP contribution in [0.25, 0.3) is 0 Å². The molecule has 0 spiro atoms. The van der Waals surface area contributed by atoms with E-state index >= 15 is 0 Å². The van der Waals surface area contributed by atoms with E-state index in [1.165, 1.54) is 12.7 Å². The van der Waals surface area contributed by atoms with E-state index in [-0.39, 0.29) is 5.41 Å². The van der Waals surface area contributed by atoms with Crippen LogP contribution in [0.5, 0.6) is 0 Å². The smallest absolute Gasteiger partial charge is 0.333 e. The monoisotopic (exact) mass is 234 g/mol. The van der Waals surface area contributed by atoms with Crippen molar-refractivity contribution in [1.29, 1.82) is 0 Å². The van der Waals surface area contributed by atoms with Gasteiger partial charge >= 0.3 is 5.97 Å². The van der Waals surface area contributed by atoms with E-state index in [0.29, 0.717) is 0 Å². The lowest BCUT2D eigenvalue weighted by atomic mass is 9.89. The number of aryl methyl sites for hydroxylation is 1. The van der Waals surface area contributed by atoms with Gasteiger partial charge in [0.05, 0.1) is 0 Å². The van der Waals surface area contributed by atoms with Crippen LogP contribution < -0.4 is 0 Å². The van der Waals surface area contributed by atoms with Gasteiger partial charge in [0.2, 0.25) is 0 Å². The number of ether oxygens (including phenoxy) is 1. The van der Waals surface area contributed by atoms with Crippen LogP contribution in [-0.4, -0.2) is 24.3 Å². The summed E-state index contributed by atoms with van der Waals surface area (Å²) in [5.41, 5.74) is 2.06. The molecule has 0 bridgehead atoms. The van der Waals surface area contributed by atoms with Crippen LogP contribution in [0.15, 0.2) is 24.3 Å². The van der Waals surface area contributed by atoms with Crippen LogP contribution in [0.4, 0.5) is 0 Å². The molecule has 1 saturated carbocycles. The number of methoxy groups -OCH3 is 1. The van der Waals surface area contributed by atoms with Crippen LogP contribution in [0.3, 0.4) is 0 Å². The van der Waals surface area contributed by atoms with Crippen LogP contribution in [0, 0.1) is 0 Å². The van der Waals surface area contributed by atoms with Crippen molar-refractivity contribution in [2.75, 3.05) is 7.11 Å². The van der Waals surface area contributed by atoms with E-state index < -0.39 is 12.1 Å². The molecular weight excluding hydrogens is 216 g/mol. The van der Waals surface area contributed by atoms with E-state index in [1.807, 2.05) is 12.1 Å². The highest BCUT2D eigenvalue weighted by molar-refractivity contribution is 5.76. The Kier molecular flexibility index (Phi) is 3.20. The summed E-state index contributed by atoms with van der Waals surface area (Å²) in [5, 5.41) is 9.19. The van der Waals surface area contributed by atoms with Gasteiger partial charge in [-0.2, -0.15) is 0 Å². The zero-order valence-corrected chi connectivity index (χ0v) is 10.3. The van der Waals surface area contributed by atoms with E-state index in [1.54, 1.807) is 0 Å². The Labute approximate surface area is 101 Å². The van der Waals surface area contributed by atoms with Gasteiger partial charge in [-0.25, -0.2) is 4.79 Å². The normalized spacial score (nSPS) is 18.7. The van der Waals surface area contributed by atoms with Crippen molar-refractivity contribution < 1.29 is 14.6 Å². The van der Waals surface area contributed by atoms with E-state index in [9.17, 15) is 9.90 Å². The van der Waals surface area contributed by atoms with Gasteiger partial charge < -0.3 is 9.84 Å². The van der Waals surface area contributed by atoms with Crippen molar-refractivity contribution in [3.63, 3.8) is 0 Å². The van der Waals surface area contributed by atoms with Crippen LogP contribution in [0.1, 0.15) is 30.9 Å². The molecule has 0 radical (unpaired) electrons. The summed E-state index contributed by atoms with van der Waals surface area (Å²) in [6.07, 6.45) is 2.06. The summed E-state index contributed by atoms with van der Waals surface area (Å²) in [6.45, 7) is 2.11. The zero-order valence-electron chi connectivity index (χ0n) is 10.3. The maximum Gasteiger partial charge on any atom is 0.333 e. The molecule has 1 aliphatic carbocycles. The predicted octanol–water partition coefficient (Wildman–Crippen LogP) is 2.38. The number of hydrogen-bond donors (Lipinski definition) is 1. The first kappa shape index (κ1) is 12.1. The average Bonchev–Trinajstić information content (AvgIpc) is 3.11. The molecule has 1 fully saturated rings. The van der Waals surface area contributed by atoms with Crippen molar-refractivity contribution >= 4 is 5.97 Å². The van der Waals surface area contributed by atoms with Crippen LogP contribution >= 0.6 is 0 Å². The maximum atomic E-state index is 11.2. The molecule has 0 amide bonds. The molecule has 1 N–H and O–H groups in total. The lowest BCUT2D eigenvalue weighted by Crippen LogP contribution is -2.35. The largest absolute Gasteiger partial charge is 0.479 e.